The second kappa shape index (κ2) is 11.0. The minimum Gasteiger partial charge on any atom is -0.469 e. The zero-order valence-electron chi connectivity index (χ0n) is 18.7. The van der Waals surface area contributed by atoms with Gasteiger partial charge in [0.15, 0.2) is 0 Å². The molecule has 2 N–H and O–H groups in total. The van der Waals surface area contributed by atoms with Gasteiger partial charge in [-0.2, -0.15) is 0 Å². The van der Waals surface area contributed by atoms with Gasteiger partial charge < -0.3 is 15.0 Å². The van der Waals surface area contributed by atoms with Crippen LogP contribution in [0.15, 0.2) is 16.8 Å². The van der Waals surface area contributed by atoms with Crippen molar-refractivity contribution < 1.29 is 14.3 Å². The third kappa shape index (κ3) is 6.34. The molecule has 0 aliphatic carbocycles. The number of ether oxygens (including phenoxy) is 1. The Labute approximate surface area is 175 Å². The zero-order chi connectivity index (χ0) is 21.4. The predicted molar refractivity (Wildman–Crippen MR) is 117 cm³/mol. The molecule has 2 rings (SSSR count). The third-order valence-electron chi connectivity index (χ3n) is 6.08. The molecule has 2 heterocycles. The fourth-order valence-corrected chi connectivity index (χ4v) is 3.70. The smallest absolute Gasteiger partial charge is 0.305 e. The van der Waals surface area contributed by atoms with Crippen LogP contribution in [-0.4, -0.2) is 24.0 Å². The van der Waals surface area contributed by atoms with Crippen LogP contribution in [0.5, 0.6) is 0 Å². The number of unbranched alkanes of at least 4 members (excludes halogenated alkanes) is 6. The largest absolute Gasteiger partial charge is 0.469 e. The van der Waals surface area contributed by atoms with Crippen molar-refractivity contribution in [3.8, 4) is 0 Å². The molecule has 0 atom stereocenters. The van der Waals surface area contributed by atoms with Crippen molar-refractivity contribution in [1.29, 1.82) is 0 Å². The van der Waals surface area contributed by atoms with Gasteiger partial charge in [0, 0.05) is 29.1 Å². The van der Waals surface area contributed by atoms with Crippen LogP contribution in [0.2, 0.25) is 0 Å². The molecular weight excluding hydrogens is 364 g/mol. The normalized spacial score (nSPS) is 15.3. The number of aryl methyl sites for hydroxylation is 1. The van der Waals surface area contributed by atoms with E-state index in [2.05, 4.69) is 35.0 Å². The van der Waals surface area contributed by atoms with E-state index in [1.807, 2.05) is 13.8 Å². The lowest BCUT2D eigenvalue weighted by Crippen LogP contribution is -2.15. The molecule has 1 aromatic rings. The summed E-state index contributed by atoms with van der Waals surface area (Å²) in [5, 5.41) is 2.95. The highest BCUT2D eigenvalue weighted by atomic mass is 16.5. The highest BCUT2D eigenvalue weighted by Gasteiger charge is 2.21. The van der Waals surface area contributed by atoms with Crippen LogP contribution in [0, 0.1) is 13.8 Å². The first-order valence-corrected chi connectivity index (χ1v) is 10.8. The number of hydrogen-bond acceptors (Lipinski definition) is 3. The van der Waals surface area contributed by atoms with Gasteiger partial charge in [-0.3, -0.25) is 9.59 Å². The van der Waals surface area contributed by atoms with Gasteiger partial charge in [-0.15, -0.1) is 0 Å². The maximum atomic E-state index is 11.8. The van der Waals surface area contributed by atoms with Crippen LogP contribution in [0.1, 0.15) is 87.7 Å². The molecule has 1 aliphatic rings. The van der Waals surface area contributed by atoms with Crippen molar-refractivity contribution in [2.24, 2.45) is 0 Å². The number of amides is 1. The summed E-state index contributed by atoms with van der Waals surface area (Å²) in [6.45, 7) is 8.16. The van der Waals surface area contributed by atoms with Gasteiger partial charge in [0.05, 0.1) is 7.11 Å². The first-order valence-electron chi connectivity index (χ1n) is 10.8. The van der Waals surface area contributed by atoms with E-state index in [1.54, 1.807) is 0 Å². The van der Waals surface area contributed by atoms with Crippen LogP contribution >= 0.6 is 0 Å². The quantitative estimate of drug-likeness (QED) is 0.392. The summed E-state index contributed by atoms with van der Waals surface area (Å²) < 4.78 is 4.66. The number of carbonyl (C=O) groups is 2. The van der Waals surface area contributed by atoms with Crippen LogP contribution in [0.3, 0.4) is 0 Å². The number of H-pyrrole nitrogens is 1. The van der Waals surface area contributed by atoms with E-state index < -0.39 is 0 Å². The summed E-state index contributed by atoms with van der Waals surface area (Å²) in [5.74, 6) is -0.103. The Morgan fingerprint density at radius 1 is 0.897 bits per heavy atom. The Kier molecular flexibility index (Phi) is 8.74. The maximum Gasteiger partial charge on any atom is 0.305 e. The summed E-state index contributed by atoms with van der Waals surface area (Å²) in [5.41, 5.74) is 7.68. The molecule has 0 spiro atoms. The van der Waals surface area contributed by atoms with Crippen molar-refractivity contribution in [1.82, 2.24) is 10.3 Å². The highest BCUT2D eigenvalue weighted by Crippen LogP contribution is 2.26. The Hall–Kier alpha value is -2.30. The number of allylic oxidation sites excluding steroid dienone is 1. The van der Waals surface area contributed by atoms with Crippen molar-refractivity contribution >= 4 is 18.0 Å². The maximum absolute atomic E-state index is 11.8. The fraction of sp³-hybridized carbons (Fsp3) is 0.583. The molecule has 0 aromatic carbocycles. The summed E-state index contributed by atoms with van der Waals surface area (Å²) in [6, 6.07) is 0. The molecule has 5 nitrogen and oxygen atoms in total. The van der Waals surface area contributed by atoms with E-state index in [-0.39, 0.29) is 11.9 Å². The van der Waals surface area contributed by atoms with E-state index >= 15 is 0 Å². The molecular formula is C24H36N2O3. The summed E-state index contributed by atoms with van der Waals surface area (Å²) >= 11 is 0. The summed E-state index contributed by atoms with van der Waals surface area (Å²) in [6.07, 6.45) is 11.7. The number of esters is 1. The van der Waals surface area contributed by atoms with Crippen LogP contribution in [-0.2, 0) is 20.7 Å². The molecule has 1 aromatic heterocycles. The Balaban J connectivity index is 1.75. The van der Waals surface area contributed by atoms with Crippen molar-refractivity contribution in [3.63, 3.8) is 0 Å². The molecule has 0 radical (unpaired) electrons. The Morgan fingerprint density at radius 2 is 1.52 bits per heavy atom. The third-order valence-corrected chi connectivity index (χ3v) is 6.08. The number of aromatic nitrogens is 1. The topological polar surface area (TPSA) is 71.2 Å². The van der Waals surface area contributed by atoms with Crippen LogP contribution in [0.25, 0.3) is 6.08 Å². The van der Waals surface area contributed by atoms with E-state index in [1.165, 1.54) is 56.0 Å². The number of carbonyl (C=O) groups excluding carboxylic acids is 2. The van der Waals surface area contributed by atoms with Gasteiger partial charge in [-0.1, -0.05) is 32.1 Å². The molecule has 0 fully saturated rings. The molecule has 0 saturated heterocycles. The lowest BCUT2D eigenvalue weighted by molar-refractivity contribution is -0.140. The molecule has 29 heavy (non-hydrogen) atoms. The summed E-state index contributed by atoms with van der Waals surface area (Å²) in [7, 11) is 1.45. The van der Waals surface area contributed by atoms with Gasteiger partial charge in [0.2, 0.25) is 0 Å². The number of rotatable bonds is 11. The van der Waals surface area contributed by atoms with E-state index in [0.717, 1.165) is 41.8 Å². The van der Waals surface area contributed by atoms with Gasteiger partial charge >= 0.3 is 5.97 Å². The van der Waals surface area contributed by atoms with Gasteiger partial charge in [0.1, 0.15) is 0 Å². The molecule has 1 aliphatic heterocycles. The first kappa shape index (κ1) is 23.0. The van der Waals surface area contributed by atoms with E-state index in [4.69, 9.17) is 0 Å². The highest BCUT2D eigenvalue weighted by molar-refractivity contribution is 6.00. The zero-order valence-corrected chi connectivity index (χ0v) is 18.7. The lowest BCUT2D eigenvalue weighted by Gasteiger charge is -2.03. The summed E-state index contributed by atoms with van der Waals surface area (Å²) in [4.78, 5) is 26.5. The first-order chi connectivity index (χ1) is 13.8. The van der Waals surface area contributed by atoms with Crippen molar-refractivity contribution in [2.75, 3.05) is 7.11 Å². The van der Waals surface area contributed by atoms with Gasteiger partial charge in [-0.05, 0) is 69.7 Å². The minimum absolute atomic E-state index is 0.000186. The molecule has 0 unspecified atom stereocenters. The monoisotopic (exact) mass is 400 g/mol. The van der Waals surface area contributed by atoms with Gasteiger partial charge in [-0.25, -0.2) is 0 Å². The number of hydrogen-bond donors (Lipinski definition) is 2. The SMILES string of the molecule is COC(=O)CCCCCCCCCc1[nH]c(/C=C2/NC(=O)C(C)=C2C)c(C)c1C. The van der Waals surface area contributed by atoms with E-state index in [9.17, 15) is 9.59 Å². The molecule has 0 saturated carbocycles. The van der Waals surface area contributed by atoms with Crippen molar-refractivity contribution in [3.05, 3.63) is 39.4 Å². The van der Waals surface area contributed by atoms with Crippen molar-refractivity contribution in [2.45, 2.75) is 85.5 Å². The average molecular weight is 401 g/mol. The van der Waals surface area contributed by atoms with E-state index in [0.29, 0.717) is 6.42 Å². The Morgan fingerprint density at radius 3 is 2.10 bits per heavy atom. The Bertz CT molecular complexity index is 799. The number of methoxy groups -OCH3 is 1. The number of nitrogens with one attached hydrogen (secondary N) is 2. The van der Waals surface area contributed by atoms with Crippen LogP contribution < -0.4 is 5.32 Å². The molecule has 1 amide bonds. The number of aromatic amines is 1. The average Bonchev–Trinajstić information content (AvgIpc) is 3.11. The standard InChI is InChI=1S/C24H36N2O3/c1-16-17(2)21(15-22-18(3)19(4)24(28)26-22)25-20(16)13-11-9-7-6-8-10-12-14-23(27)29-5/h15,25H,6-14H2,1-5H3,(H,26,28)/b22-15+. The fourth-order valence-electron chi connectivity index (χ4n) is 3.70. The molecule has 160 valence electrons. The lowest BCUT2D eigenvalue weighted by atomic mass is 10.0. The molecule has 5 heteroatoms. The molecule has 0 bridgehead atoms. The second-order valence-corrected chi connectivity index (χ2v) is 8.08. The second-order valence-electron chi connectivity index (χ2n) is 8.08. The van der Waals surface area contributed by atoms with Crippen LogP contribution in [0.4, 0.5) is 0 Å². The predicted octanol–water partition coefficient (Wildman–Crippen LogP) is 5.27. The minimum atomic E-state index is -0.103. The van der Waals surface area contributed by atoms with Gasteiger partial charge in [0.25, 0.3) is 5.91 Å².